The predicted octanol–water partition coefficient (Wildman–Crippen LogP) is 4.08. The van der Waals surface area contributed by atoms with Crippen LogP contribution in [0.3, 0.4) is 0 Å². The number of ketones is 1. The van der Waals surface area contributed by atoms with Crippen LogP contribution in [0.2, 0.25) is 5.02 Å². The van der Waals surface area contributed by atoms with Crippen LogP contribution < -0.4 is 15.7 Å². The second kappa shape index (κ2) is 13.8. The van der Waals surface area contributed by atoms with Crippen LogP contribution in [0.1, 0.15) is 19.8 Å². The molecule has 42 heavy (non-hydrogen) atoms. The molecule has 11 heteroatoms. The summed E-state index contributed by atoms with van der Waals surface area (Å²) in [5.41, 5.74) is 0.629. The molecule has 1 N–H and O–H groups in total. The van der Waals surface area contributed by atoms with Crippen LogP contribution in [-0.4, -0.2) is 75.3 Å². The third kappa shape index (κ3) is 7.36. The molecule has 0 radical (unpaired) electrons. The second-order valence-corrected chi connectivity index (χ2v) is 11.1. The Morgan fingerprint density at radius 3 is 2.74 bits per heavy atom. The topological polar surface area (TPSA) is 107 Å². The maximum absolute atomic E-state index is 13.6. The van der Waals surface area contributed by atoms with E-state index in [-0.39, 0.29) is 40.6 Å². The Hall–Kier alpha value is -3.31. The summed E-state index contributed by atoms with van der Waals surface area (Å²) in [6.45, 7) is 6.88. The number of fused-ring (bicyclic) bond motifs is 1. The minimum absolute atomic E-state index is 0.101. The fourth-order valence-corrected chi connectivity index (χ4v) is 5.88. The number of benzene rings is 2. The van der Waals surface area contributed by atoms with Crippen LogP contribution in [-0.2, 0) is 19.1 Å². The Bertz CT molecular complexity index is 1490. The Kier molecular flexibility index (Phi) is 9.89. The molecular formula is C31H34ClFN2O7. The molecule has 224 valence electrons. The average Bonchev–Trinajstić information content (AvgIpc) is 2.97. The van der Waals surface area contributed by atoms with Crippen molar-refractivity contribution in [3.8, 4) is 16.9 Å². The molecule has 3 atom stereocenters. The number of halogens is 2. The van der Waals surface area contributed by atoms with Gasteiger partial charge in [-0.25, -0.2) is 9.18 Å². The van der Waals surface area contributed by atoms with Crippen molar-refractivity contribution >= 4 is 34.3 Å². The lowest BCUT2D eigenvalue weighted by molar-refractivity contribution is -0.146. The number of rotatable bonds is 10. The zero-order valence-corrected chi connectivity index (χ0v) is 24.2. The van der Waals surface area contributed by atoms with Crippen molar-refractivity contribution in [2.45, 2.75) is 25.9 Å². The number of morpholine rings is 1. The molecule has 1 aromatic heterocycles. The fraction of sp³-hybridized carbons (Fsp3) is 0.452. The minimum atomic E-state index is -0.799. The molecule has 2 aromatic carbocycles. The molecule has 3 heterocycles. The van der Waals surface area contributed by atoms with Crippen molar-refractivity contribution in [1.29, 1.82) is 0 Å². The highest BCUT2D eigenvalue weighted by molar-refractivity contribution is 6.33. The number of nitrogens with one attached hydrogen (secondary N) is 1. The number of hydrogen-bond donors (Lipinski definition) is 1. The van der Waals surface area contributed by atoms with Crippen LogP contribution in [0.15, 0.2) is 51.7 Å². The highest BCUT2D eigenvalue weighted by Crippen LogP contribution is 2.35. The molecule has 0 saturated carbocycles. The van der Waals surface area contributed by atoms with Crippen molar-refractivity contribution in [3.63, 3.8) is 0 Å². The van der Waals surface area contributed by atoms with E-state index in [9.17, 15) is 18.8 Å². The minimum Gasteiger partial charge on any atom is -0.483 e. The lowest BCUT2D eigenvalue weighted by Gasteiger charge is -2.32. The number of esters is 1. The maximum atomic E-state index is 13.6. The molecule has 5 rings (SSSR count). The van der Waals surface area contributed by atoms with Crippen LogP contribution >= 0.6 is 11.6 Å². The molecule has 0 aliphatic carbocycles. The summed E-state index contributed by atoms with van der Waals surface area (Å²) >= 11 is 6.25. The zero-order valence-electron chi connectivity index (χ0n) is 23.4. The molecular weight excluding hydrogens is 567 g/mol. The second-order valence-electron chi connectivity index (χ2n) is 10.7. The van der Waals surface area contributed by atoms with E-state index < -0.39 is 17.5 Å². The summed E-state index contributed by atoms with van der Waals surface area (Å²) in [5, 5.41) is 4.03. The van der Waals surface area contributed by atoms with Gasteiger partial charge in [-0.1, -0.05) is 11.6 Å². The first-order valence-corrected chi connectivity index (χ1v) is 14.6. The number of piperidine rings is 1. The summed E-state index contributed by atoms with van der Waals surface area (Å²) in [6.07, 6.45) is -0.0614. The number of hydrogen-bond acceptors (Lipinski definition) is 9. The van der Waals surface area contributed by atoms with E-state index in [0.29, 0.717) is 68.1 Å². The van der Waals surface area contributed by atoms with Gasteiger partial charge in [0.2, 0.25) is 0 Å². The van der Waals surface area contributed by atoms with Gasteiger partial charge in [0, 0.05) is 54.2 Å². The number of ether oxygens (including phenoxy) is 3. The standard InChI is InChI=1S/C31H34ClFN2O7/c1-19(31(38)23-6-7-34-18-20(23)14-29(36)40-13-10-35-8-11-39-12-9-35)41-22-3-5-25-26(17-30(37)42-28(25)16-22)24-4-2-21(33)15-27(24)32/h2-5,15-17,19-20,23,34H,6-14,18H2,1H3/t19-,20+,23?/m1/s1. The number of Topliss-reactive ketones (excluding diaryl/α,β-unsaturated/α-hetero) is 1. The third-order valence-electron chi connectivity index (χ3n) is 7.83. The van der Waals surface area contributed by atoms with E-state index >= 15 is 0 Å². The van der Waals surface area contributed by atoms with Gasteiger partial charge in [-0.15, -0.1) is 0 Å². The Morgan fingerprint density at radius 2 is 1.95 bits per heavy atom. The van der Waals surface area contributed by atoms with Gasteiger partial charge < -0.3 is 23.9 Å². The maximum Gasteiger partial charge on any atom is 0.336 e. The van der Waals surface area contributed by atoms with E-state index in [4.69, 9.17) is 30.2 Å². The first-order chi connectivity index (χ1) is 20.3. The lowest BCUT2D eigenvalue weighted by atomic mass is 9.80. The van der Waals surface area contributed by atoms with Crippen molar-refractivity contribution < 1.29 is 32.6 Å². The zero-order chi connectivity index (χ0) is 29.6. The molecule has 1 unspecified atom stereocenters. The van der Waals surface area contributed by atoms with Gasteiger partial charge in [0.15, 0.2) is 11.9 Å². The van der Waals surface area contributed by atoms with E-state index in [1.54, 1.807) is 25.1 Å². The van der Waals surface area contributed by atoms with Crippen LogP contribution in [0, 0.1) is 17.7 Å². The van der Waals surface area contributed by atoms with Gasteiger partial charge in [-0.2, -0.15) is 0 Å². The van der Waals surface area contributed by atoms with Crippen LogP contribution in [0.25, 0.3) is 22.1 Å². The van der Waals surface area contributed by atoms with Gasteiger partial charge in [0.1, 0.15) is 23.8 Å². The van der Waals surface area contributed by atoms with Crippen LogP contribution in [0.4, 0.5) is 4.39 Å². The predicted molar refractivity (Wildman–Crippen MR) is 155 cm³/mol. The lowest BCUT2D eigenvalue weighted by Crippen LogP contribution is -2.45. The smallest absolute Gasteiger partial charge is 0.336 e. The molecule has 2 aliphatic heterocycles. The van der Waals surface area contributed by atoms with E-state index in [2.05, 4.69) is 10.2 Å². The van der Waals surface area contributed by atoms with E-state index in [0.717, 1.165) is 13.1 Å². The summed E-state index contributed by atoms with van der Waals surface area (Å²) in [7, 11) is 0. The Morgan fingerprint density at radius 1 is 1.14 bits per heavy atom. The van der Waals surface area contributed by atoms with Crippen molar-refractivity contribution in [3.05, 3.63) is 63.7 Å². The molecule has 0 amide bonds. The van der Waals surface area contributed by atoms with Gasteiger partial charge in [-0.3, -0.25) is 14.5 Å². The fourth-order valence-electron chi connectivity index (χ4n) is 5.61. The molecule has 2 fully saturated rings. The molecule has 9 nitrogen and oxygen atoms in total. The Balaban J connectivity index is 1.23. The summed E-state index contributed by atoms with van der Waals surface area (Å²) in [6, 6.07) is 10.2. The van der Waals surface area contributed by atoms with Crippen molar-refractivity contribution in [1.82, 2.24) is 10.2 Å². The highest BCUT2D eigenvalue weighted by Gasteiger charge is 2.35. The van der Waals surface area contributed by atoms with Gasteiger partial charge in [0.25, 0.3) is 0 Å². The van der Waals surface area contributed by atoms with Gasteiger partial charge >= 0.3 is 11.6 Å². The molecule has 3 aromatic rings. The Labute approximate surface area is 247 Å². The summed E-state index contributed by atoms with van der Waals surface area (Å²) < 4.78 is 35.8. The van der Waals surface area contributed by atoms with Gasteiger partial charge in [0.05, 0.1) is 24.7 Å². The van der Waals surface area contributed by atoms with E-state index in [1.807, 2.05) is 0 Å². The summed E-state index contributed by atoms with van der Waals surface area (Å²) in [4.78, 5) is 40.6. The molecule has 0 bridgehead atoms. The quantitative estimate of drug-likeness (QED) is 0.272. The van der Waals surface area contributed by atoms with Crippen molar-refractivity contribution in [2.75, 3.05) is 52.5 Å². The highest BCUT2D eigenvalue weighted by atomic mass is 35.5. The largest absolute Gasteiger partial charge is 0.483 e. The number of nitrogens with zero attached hydrogens (tertiary/aromatic N) is 1. The first kappa shape index (κ1) is 30.2. The molecule has 2 aliphatic rings. The number of carbonyl (C=O) groups excluding carboxylic acids is 2. The third-order valence-corrected chi connectivity index (χ3v) is 8.14. The first-order valence-electron chi connectivity index (χ1n) is 14.2. The molecule has 0 spiro atoms. The van der Waals surface area contributed by atoms with Crippen molar-refractivity contribution in [2.24, 2.45) is 11.8 Å². The molecule has 2 saturated heterocycles. The monoisotopic (exact) mass is 600 g/mol. The number of carbonyl (C=O) groups is 2. The van der Waals surface area contributed by atoms with Crippen LogP contribution in [0.5, 0.6) is 5.75 Å². The average molecular weight is 601 g/mol. The normalized spacial score (nSPS) is 20.3. The summed E-state index contributed by atoms with van der Waals surface area (Å²) in [5.74, 6) is -1.12. The van der Waals surface area contributed by atoms with E-state index in [1.165, 1.54) is 24.3 Å². The van der Waals surface area contributed by atoms with Gasteiger partial charge in [-0.05, 0) is 62.7 Å². The SMILES string of the molecule is C[C@@H](Oc1ccc2c(-c3ccc(F)cc3Cl)cc(=O)oc2c1)C(=O)C1CCNC[C@@H]1CC(=O)OCCN1CCOCC1.